The van der Waals surface area contributed by atoms with Crippen LogP contribution in [0.2, 0.25) is 5.02 Å². The number of carbonyl (C=O) groups is 1. The first-order valence-electron chi connectivity index (χ1n) is 9.21. The number of alkyl halides is 3. The molecule has 2 atom stereocenters. The Morgan fingerprint density at radius 2 is 1.87 bits per heavy atom. The van der Waals surface area contributed by atoms with E-state index in [4.69, 9.17) is 26.2 Å². The summed E-state index contributed by atoms with van der Waals surface area (Å²) in [6, 6.07) is 10.8. The van der Waals surface area contributed by atoms with Crippen LogP contribution < -0.4 is 5.32 Å². The van der Waals surface area contributed by atoms with Gasteiger partial charge in [-0.1, -0.05) is 23.7 Å². The molecule has 0 saturated heterocycles. The molecule has 0 fully saturated rings. The number of aliphatic carboxylic acids is 1. The summed E-state index contributed by atoms with van der Waals surface area (Å²) < 4.78 is 51.0. The van der Waals surface area contributed by atoms with Gasteiger partial charge in [0, 0.05) is 41.6 Å². The SMILES string of the molecule is CCO[C@H](c1ccc(C(COC)CC(=O)O)cc1Nc1ccc(Cl)cc1)C(F)(F)F. The Morgan fingerprint density at radius 1 is 1.20 bits per heavy atom. The van der Waals surface area contributed by atoms with Gasteiger partial charge in [0.1, 0.15) is 0 Å². The van der Waals surface area contributed by atoms with Gasteiger partial charge >= 0.3 is 12.1 Å². The van der Waals surface area contributed by atoms with Crippen LogP contribution in [0.15, 0.2) is 42.5 Å². The van der Waals surface area contributed by atoms with Crippen molar-refractivity contribution in [3.63, 3.8) is 0 Å². The first-order valence-corrected chi connectivity index (χ1v) is 9.59. The van der Waals surface area contributed by atoms with Crippen molar-refractivity contribution < 1.29 is 32.5 Å². The average molecular weight is 446 g/mol. The third-order valence-electron chi connectivity index (χ3n) is 4.37. The summed E-state index contributed by atoms with van der Waals surface area (Å²) in [5.41, 5.74) is 1.13. The molecular weight excluding hydrogens is 423 g/mol. The maximum Gasteiger partial charge on any atom is 0.418 e. The van der Waals surface area contributed by atoms with E-state index in [2.05, 4.69) is 5.32 Å². The molecule has 9 heteroatoms. The van der Waals surface area contributed by atoms with E-state index in [1.165, 1.54) is 32.2 Å². The Hall–Kier alpha value is -2.29. The lowest BCUT2D eigenvalue weighted by Crippen LogP contribution is -2.24. The topological polar surface area (TPSA) is 67.8 Å². The van der Waals surface area contributed by atoms with Crippen molar-refractivity contribution in [2.24, 2.45) is 0 Å². The van der Waals surface area contributed by atoms with Gasteiger partial charge in [0.05, 0.1) is 13.0 Å². The van der Waals surface area contributed by atoms with Crippen molar-refractivity contribution in [3.05, 3.63) is 58.6 Å². The van der Waals surface area contributed by atoms with Crippen LogP contribution in [0.25, 0.3) is 0 Å². The molecule has 1 unspecified atom stereocenters. The van der Waals surface area contributed by atoms with Crippen molar-refractivity contribution in [3.8, 4) is 0 Å². The molecule has 164 valence electrons. The number of methoxy groups -OCH3 is 1. The van der Waals surface area contributed by atoms with E-state index in [9.17, 15) is 18.0 Å². The molecule has 30 heavy (non-hydrogen) atoms. The number of anilines is 2. The highest BCUT2D eigenvalue weighted by molar-refractivity contribution is 6.30. The normalized spacial score (nSPS) is 13.7. The van der Waals surface area contributed by atoms with Crippen LogP contribution in [0.1, 0.15) is 36.5 Å². The van der Waals surface area contributed by atoms with E-state index in [1.54, 1.807) is 24.3 Å². The zero-order valence-corrected chi connectivity index (χ0v) is 17.3. The maximum absolute atomic E-state index is 13.6. The van der Waals surface area contributed by atoms with Crippen LogP contribution in [0, 0.1) is 0 Å². The fraction of sp³-hybridized carbons (Fsp3) is 0.381. The van der Waals surface area contributed by atoms with E-state index < -0.39 is 24.2 Å². The van der Waals surface area contributed by atoms with E-state index in [1.807, 2.05) is 0 Å². The van der Waals surface area contributed by atoms with Gasteiger partial charge in [-0.25, -0.2) is 0 Å². The number of ether oxygens (including phenoxy) is 2. The van der Waals surface area contributed by atoms with Crippen molar-refractivity contribution >= 4 is 28.9 Å². The molecule has 5 nitrogen and oxygen atoms in total. The number of hydrogen-bond donors (Lipinski definition) is 2. The fourth-order valence-electron chi connectivity index (χ4n) is 3.07. The molecule has 0 aliphatic heterocycles. The summed E-state index contributed by atoms with van der Waals surface area (Å²) in [7, 11) is 1.44. The number of nitrogens with one attached hydrogen (secondary N) is 1. The monoisotopic (exact) mass is 445 g/mol. The van der Waals surface area contributed by atoms with Crippen LogP contribution in [-0.4, -0.2) is 37.6 Å². The fourth-order valence-corrected chi connectivity index (χ4v) is 3.19. The van der Waals surface area contributed by atoms with E-state index in [0.29, 0.717) is 16.3 Å². The van der Waals surface area contributed by atoms with E-state index in [-0.39, 0.29) is 30.9 Å². The Morgan fingerprint density at radius 3 is 2.40 bits per heavy atom. The second kappa shape index (κ2) is 10.7. The van der Waals surface area contributed by atoms with Crippen molar-refractivity contribution in [2.75, 3.05) is 25.6 Å². The molecule has 0 radical (unpaired) electrons. The Balaban J connectivity index is 2.54. The predicted octanol–water partition coefficient (Wildman–Crippen LogP) is 5.93. The van der Waals surface area contributed by atoms with Gasteiger partial charge in [0.15, 0.2) is 6.10 Å². The number of hydrogen-bond acceptors (Lipinski definition) is 4. The van der Waals surface area contributed by atoms with E-state index in [0.717, 1.165) is 0 Å². The molecule has 2 aromatic carbocycles. The lowest BCUT2D eigenvalue weighted by molar-refractivity contribution is -0.222. The standard InChI is InChI=1S/C21H23ClF3NO4/c1-3-30-20(21(23,24)25)17-9-4-13(14(12-29-2)11-19(27)28)10-18(17)26-16-7-5-15(22)6-8-16/h4-10,14,20,26H,3,11-12H2,1-2H3,(H,27,28)/t14?,20-/m1/s1. The minimum atomic E-state index is -4.62. The first-order chi connectivity index (χ1) is 14.2. The van der Waals surface area contributed by atoms with E-state index >= 15 is 0 Å². The number of carboxylic acids is 1. The predicted molar refractivity (Wildman–Crippen MR) is 108 cm³/mol. The first kappa shape index (κ1) is 24.0. The van der Waals surface area contributed by atoms with Gasteiger partial charge in [-0.3, -0.25) is 4.79 Å². The van der Waals surface area contributed by atoms with Crippen LogP contribution >= 0.6 is 11.6 Å². The zero-order chi connectivity index (χ0) is 22.3. The summed E-state index contributed by atoms with van der Waals surface area (Å²) >= 11 is 5.88. The lowest BCUT2D eigenvalue weighted by Gasteiger charge is -2.25. The molecule has 0 saturated carbocycles. The second-order valence-corrected chi connectivity index (χ2v) is 7.04. The van der Waals surface area contributed by atoms with Gasteiger partial charge in [0.2, 0.25) is 0 Å². The molecule has 0 heterocycles. The zero-order valence-electron chi connectivity index (χ0n) is 16.5. The third kappa shape index (κ3) is 6.62. The molecule has 2 aromatic rings. The minimum Gasteiger partial charge on any atom is -0.481 e. The molecule has 0 bridgehead atoms. The van der Waals surface area contributed by atoms with Gasteiger partial charge in [-0.15, -0.1) is 0 Å². The summed E-state index contributed by atoms with van der Waals surface area (Å²) in [6.07, 6.45) is -6.98. The van der Waals surface area contributed by atoms with Crippen molar-refractivity contribution in [2.45, 2.75) is 31.5 Å². The highest BCUT2D eigenvalue weighted by Gasteiger charge is 2.43. The van der Waals surface area contributed by atoms with Crippen LogP contribution in [0.3, 0.4) is 0 Å². The second-order valence-electron chi connectivity index (χ2n) is 6.61. The number of carboxylic acid groups (broad SMARTS) is 1. The molecule has 0 spiro atoms. The molecule has 2 N–H and O–H groups in total. The largest absolute Gasteiger partial charge is 0.481 e. The summed E-state index contributed by atoms with van der Waals surface area (Å²) in [5, 5.41) is 12.6. The molecular formula is C21H23ClF3NO4. The van der Waals surface area contributed by atoms with Crippen molar-refractivity contribution in [1.82, 2.24) is 0 Å². The molecule has 0 aliphatic rings. The van der Waals surface area contributed by atoms with Gasteiger partial charge in [-0.2, -0.15) is 13.2 Å². The number of halogens is 4. The average Bonchev–Trinajstić information content (AvgIpc) is 2.67. The van der Waals surface area contributed by atoms with Crippen molar-refractivity contribution in [1.29, 1.82) is 0 Å². The molecule has 0 amide bonds. The van der Waals surface area contributed by atoms with Gasteiger partial charge in [0.25, 0.3) is 0 Å². The lowest BCUT2D eigenvalue weighted by atomic mass is 9.93. The Kier molecular flexibility index (Phi) is 8.52. The smallest absolute Gasteiger partial charge is 0.418 e. The van der Waals surface area contributed by atoms with Gasteiger partial charge in [-0.05, 0) is 42.8 Å². The molecule has 0 aliphatic carbocycles. The Bertz CT molecular complexity index is 843. The molecule has 2 rings (SSSR count). The summed E-state index contributed by atoms with van der Waals surface area (Å²) in [5.74, 6) is -1.56. The summed E-state index contributed by atoms with van der Waals surface area (Å²) in [6.45, 7) is 1.47. The van der Waals surface area contributed by atoms with Gasteiger partial charge < -0.3 is 19.9 Å². The Labute approximate surface area is 177 Å². The summed E-state index contributed by atoms with van der Waals surface area (Å²) in [4.78, 5) is 11.2. The number of benzene rings is 2. The highest BCUT2D eigenvalue weighted by Crippen LogP contribution is 2.41. The maximum atomic E-state index is 13.6. The van der Waals surface area contributed by atoms with Crippen LogP contribution in [-0.2, 0) is 14.3 Å². The quantitative estimate of drug-likeness (QED) is 0.474. The molecule has 0 aromatic heterocycles. The van der Waals surface area contributed by atoms with Crippen LogP contribution in [0.4, 0.5) is 24.5 Å². The minimum absolute atomic E-state index is 0.102. The highest BCUT2D eigenvalue weighted by atomic mass is 35.5. The van der Waals surface area contributed by atoms with Crippen LogP contribution in [0.5, 0.6) is 0 Å². The third-order valence-corrected chi connectivity index (χ3v) is 4.63. The number of rotatable bonds is 10.